The lowest BCUT2D eigenvalue weighted by atomic mass is 10.0. The molecule has 184 valence electrons. The number of pyridine rings is 2. The number of rotatable bonds is 6. The fourth-order valence-corrected chi connectivity index (χ4v) is 3.11. The van der Waals surface area contributed by atoms with Crippen LogP contribution in [0.4, 0.5) is 39.9 Å². The summed E-state index contributed by atoms with van der Waals surface area (Å²) in [5.74, 6) is -5.21. The Morgan fingerprint density at radius 2 is 1.88 bits per heavy atom. The molecule has 0 aromatic carbocycles. The molecule has 34 heavy (non-hydrogen) atoms. The van der Waals surface area contributed by atoms with Crippen LogP contribution in [0.3, 0.4) is 0 Å². The first-order chi connectivity index (χ1) is 15.7. The Morgan fingerprint density at radius 1 is 1.21 bits per heavy atom. The van der Waals surface area contributed by atoms with Gasteiger partial charge in [0.05, 0.1) is 12.2 Å². The number of hydrogen-bond acceptors (Lipinski definition) is 5. The van der Waals surface area contributed by atoms with Crippen LogP contribution in [0.5, 0.6) is 5.88 Å². The Labute approximate surface area is 184 Å². The van der Waals surface area contributed by atoms with E-state index in [1.54, 1.807) is 0 Å². The van der Waals surface area contributed by atoms with Gasteiger partial charge in [-0.3, -0.25) is 4.79 Å². The molecule has 3 amide bonds. The minimum atomic E-state index is -5.23. The molecule has 3 heterocycles. The van der Waals surface area contributed by atoms with E-state index in [1.807, 2.05) is 0 Å². The molecule has 1 fully saturated rings. The number of ether oxygens (including phenoxy) is 1. The van der Waals surface area contributed by atoms with Crippen LogP contribution in [0.15, 0.2) is 24.4 Å². The van der Waals surface area contributed by atoms with E-state index in [4.69, 9.17) is 5.73 Å². The van der Waals surface area contributed by atoms with E-state index < -0.39 is 78.4 Å². The predicted octanol–water partition coefficient (Wildman–Crippen LogP) is 2.68. The zero-order valence-corrected chi connectivity index (χ0v) is 16.5. The summed E-state index contributed by atoms with van der Waals surface area (Å²) in [4.78, 5) is 31.3. The number of hydrogen-bond donors (Lipinski definition) is 2. The lowest BCUT2D eigenvalue weighted by Crippen LogP contribution is -2.39. The number of primary amides is 1. The summed E-state index contributed by atoms with van der Waals surface area (Å²) in [6.07, 6.45) is -9.30. The molecule has 0 radical (unpaired) electrons. The predicted molar refractivity (Wildman–Crippen MR) is 95.0 cm³/mol. The van der Waals surface area contributed by atoms with Crippen molar-refractivity contribution in [2.24, 2.45) is 5.73 Å². The number of nitrogens with one attached hydrogen (secondary N) is 1. The molecule has 1 aliphatic rings. The van der Waals surface area contributed by atoms with Crippen molar-refractivity contribution in [3.8, 4) is 5.88 Å². The largest absolute Gasteiger partial charge is 0.466 e. The normalized spacial score (nSPS) is 17.5. The average Bonchev–Trinajstić information content (AvgIpc) is 3.09. The van der Waals surface area contributed by atoms with E-state index in [2.05, 4.69) is 20.0 Å². The number of aromatic nitrogens is 2. The molecule has 0 aliphatic carbocycles. The number of nitrogens with zero attached hydrogens (tertiary/aromatic N) is 3. The Bertz CT molecular complexity index is 1110. The van der Waals surface area contributed by atoms with Gasteiger partial charge in [-0.2, -0.15) is 26.3 Å². The van der Waals surface area contributed by atoms with Gasteiger partial charge in [0, 0.05) is 11.8 Å². The second-order valence-corrected chi connectivity index (χ2v) is 6.98. The number of amides is 3. The number of nitrogens with two attached hydrogens (primary N) is 1. The third-order valence-corrected chi connectivity index (χ3v) is 4.53. The highest BCUT2D eigenvalue weighted by molar-refractivity contribution is 5.89. The van der Waals surface area contributed by atoms with Crippen LogP contribution >= 0.6 is 0 Å². The summed E-state index contributed by atoms with van der Waals surface area (Å²) in [5.41, 5.74) is 2.25. The van der Waals surface area contributed by atoms with Gasteiger partial charge < -0.3 is 20.7 Å². The van der Waals surface area contributed by atoms with Crippen LogP contribution in [0.2, 0.25) is 0 Å². The third kappa shape index (κ3) is 5.43. The van der Waals surface area contributed by atoms with Gasteiger partial charge in [-0.1, -0.05) is 0 Å². The number of carbonyl (C=O) groups excluding carboxylic acids is 2. The summed E-state index contributed by atoms with van der Waals surface area (Å²) in [6, 6.07) is -2.18. The molecular formula is C18H13F8N5O3. The van der Waals surface area contributed by atoms with Crippen LogP contribution in [-0.2, 0) is 11.0 Å². The van der Waals surface area contributed by atoms with E-state index in [9.17, 15) is 44.7 Å². The molecule has 8 nitrogen and oxygen atoms in total. The Balaban J connectivity index is 2.08. The van der Waals surface area contributed by atoms with Crippen molar-refractivity contribution in [1.82, 2.24) is 20.2 Å². The van der Waals surface area contributed by atoms with Gasteiger partial charge in [0.1, 0.15) is 12.1 Å². The Hall–Kier alpha value is -3.72. The fraction of sp³-hybridized carbons (Fsp3) is 0.333. The van der Waals surface area contributed by atoms with E-state index in [-0.39, 0.29) is 5.56 Å². The number of halogens is 8. The van der Waals surface area contributed by atoms with Crippen molar-refractivity contribution in [1.29, 1.82) is 0 Å². The molecule has 0 bridgehead atoms. The molecule has 2 aromatic rings. The van der Waals surface area contributed by atoms with E-state index in [0.717, 1.165) is 17.2 Å². The summed E-state index contributed by atoms with van der Waals surface area (Å²) < 4.78 is 109. The lowest BCUT2D eigenvalue weighted by molar-refractivity contribution is -0.154. The van der Waals surface area contributed by atoms with Gasteiger partial charge in [-0.05, 0) is 18.2 Å². The van der Waals surface area contributed by atoms with E-state index in [1.165, 1.54) is 0 Å². The van der Waals surface area contributed by atoms with Gasteiger partial charge in [0.15, 0.2) is 23.9 Å². The maximum Gasteiger partial charge on any atom is 0.436 e. The molecule has 1 saturated heterocycles. The van der Waals surface area contributed by atoms with Gasteiger partial charge >= 0.3 is 18.4 Å². The van der Waals surface area contributed by atoms with Crippen molar-refractivity contribution in [3.63, 3.8) is 0 Å². The van der Waals surface area contributed by atoms with Crippen LogP contribution in [0.25, 0.3) is 0 Å². The summed E-state index contributed by atoms with van der Waals surface area (Å²) >= 11 is 0. The zero-order chi connectivity index (χ0) is 25.4. The first kappa shape index (κ1) is 24.9. The van der Waals surface area contributed by atoms with Crippen molar-refractivity contribution in [3.05, 3.63) is 53.0 Å². The van der Waals surface area contributed by atoms with Crippen molar-refractivity contribution in [2.45, 2.75) is 24.4 Å². The van der Waals surface area contributed by atoms with Crippen molar-refractivity contribution < 1.29 is 49.4 Å². The smallest absolute Gasteiger partial charge is 0.436 e. The lowest BCUT2D eigenvalue weighted by Gasteiger charge is -2.27. The molecule has 1 aliphatic heterocycles. The average molecular weight is 499 g/mol. The second-order valence-electron chi connectivity index (χ2n) is 6.98. The summed E-state index contributed by atoms with van der Waals surface area (Å²) in [6.45, 7) is -2.36. The van der Waals surface area contributed by atoms with Crippen LogP contribution in [0, 0.1) is 11.6 Å². The van der Waals surface area contributed by atoms with Gasteiger partial charge in [-0.15, -0.1) is 0 Å². The highest BCUT2D eigenvalue weighted by Gasteiger charge is 2.41. The molecule has 0 saturated carbocycles. The maximum absolute atomic E-state index is 14.4. The van der Waals surface area contributed by atoms with Gasteiger partial charge in [-0.25, -0.2) is 23.5 Å². The molecule has 3 rings (SSSR count). The highest BCUT2D eigenvalue weighted by Crippen LogP contribution is 2.35. The highest BCUT2D eigenvalue weighted by atomic mass is 19.4. The van der Waals surface area contributed by atoms with Crippen LogP contribution in [-0.4, -0.2) is 52.2 Å². The molecule has 2 aromatic heterocycles. The minimum Gasteiger partial charge on any atom is -0.466 e. The first-order valence-corrected chi connectivity index (χ1v) is 9.12. The minimum absolute atomic E-state index is 0.357. The number of carbonyl (C=O) groups is 2. The quantitative estimate of drug-likeness (QED) is 0.594. The standard InChI is InChI=1S/C18H13F8N5O3/c19-8-1-2-10(29-13(8)18(24,25)26)12(31-5-11(14(27)32)30-16(31)33)7-3-9(20)15(28-4-7)34-6-17(21,22)23/h1-4,11-12H,5-6H2,(H2,27,32)(H,30,33)/t11?,12-/m0/s1. The maximum atomic E-state index is 14.4. The van der Waals surface area contributed by atoms with Crippen molar-refractivity contribution in [2.75, 3.05) is 13.2 Å². The molecule has 1 unspecified atom stereocenters. The van der Waals surface area contributed by atoms with E-state index >= 15 is 0 Å². The Kier molecular flexibility index (Phi) is 6.53. The number of alkyl halides is 6. The molecule has 3 N–H and O–H groups in total. The monoisotopic (exact) mass is 499 g/mol. The number of urea groups is 1. The topological polar surface area (TPSA) is 110 Å². The molecule has 2 atom stereocenters. The van der Waals surface area contributed by atoms with Gasteiger partial charge in [0.2, 0.25) is 5.91 Å². The van der Waals surface area contributed by atoms with Crippen LogP contribution < -0.4 is 15.8 Å². The fourth-order valence-electron chi connectivity index (χ4n) is 3.11. The van der Waals surface area contributed by atoms with Crippen molar-refractivity contribution >= 4 is 11.9 Å². The summed E-state index contributed by atoms with van der Waals surface area (Å²) in [5, 5.41) is 2.17. The zero-order valence-electron chi connectivity index (χ0n) is 16.5. The molecule has 0 spiro atoms. The summed E-state index contributed by atoms with van der Waals surface area (Å²) in [7, 11) is 0. The van der Waals surface area contributed by atoms with E-state index in [0.29, 0.717) is 12.1 Å². The third-order valence-electron chi connectivity index (χ3n) is 4.53. The Morgan fingerprint density at radius 3 is 2.41 bits per heavy atom. The second kappa shape index (κ2) is 8.90. The molecular weight excluding hydrogens is 486 g/mol. The SMILES string of the molecule is NC(=O)C1CN([C@@H](c2cnc(OCC(F)(F)F)c(F)c2)c2ccc(F)c(C(F)(F)F)n2)C(=O)N1. The van der Waals surface area contributed by atoms with Gasteiger partial charge in [0.25, 0.3) is 5.88 Å². The first-order valence-electron chi connectivity index (χ1n) is 9.12. The molecule has 16 heteroatoms. The van der Waals surface area contributed by atoms with Crippen LogP contribution in [0.1, 0.15) is 23.0 Å².